The molecule has 1 fully saturated rings. The van der Waals surface area contributed by atoms with Crippen molar-refractivity contribution in [3.8, 4) is 0 Å². The lowest BCUT2D eigenvalue weighted by Crippen LogP contribution is -2.29. The summed E-state index contributed by atoms with van der Waals surface area (Å²) in [6.45, 7) is 0.444. The van der Waals surface area contributed by atoms with Crippen molar-refractivity contribution in [1.29, 1.82) is 0 Å². The topological polar surface area (TPSA) is 82.2 Å². The summed E-state index contributed by atoms with van der Waals surface area (Å²) in [4.78, 5) is 19.7. The second kappa shape index (κ2) is 7.13. The molecular weight excluding hydrogens is 244 g/mol. The number of urea groups is 1. The molecule has 6 heteroatoms. The first-order valence-corrected chi connectivity index (χ1v) is 6.95. The number of hydroxylamine groups is 1. The fourth-order valence-electron chi connectivity index (χ4n) is 2.54. The Morgan fingerprint density at radius 2 is 2.26 bits per heavy atom. The van der Waals surface area contributed by atoms with Crippen LogP contribution in [-0.4, -0.2) is 22.2 Å². The minimum absolute atomic E-state index is 0.444. The van der Waals surface area contributed by atoms with Gasteiger partial charge in [0.05, 0.1) is 18.6 Å². The number of nitrogens with one attached hydrogen (secondary N) is 1. The maximum Gasteiger partial charge on any atom is 0.336 e. The number of aromatic nitrogens is 2. The summed E-state index contributed by atoms with van der Waals surface area (Å²) in [6, 6.07) is -0.0376. The molecule has 19 heavy (non-hydrogen) atoms. The first kappa shape index (κ1) is 13.9. The minimum atomic E-state index is -0.665. The lowest BCUT2D eigenvalue weighted by atomic mass is 9.95. The van der Waals surface area contributed by atoms with Crippen LogP contribution < -0.4 is 11.2 Å². The van der Waals surface area contributed by atoms with Crippen molar-refractivity contribution < 1.29 is 9.63 Å². The monoisotopic (exact) mass is 266 g/mol. The zero-order valence-corrected chi connectivity index (χ0v) is 11.2. The molecule has 1 heterocycles. The third kappa shape index (κ3) is 4.55. The Morgan fingerprint density at radius 1 is 1.47 bits per heavy atom. The molecule has 1 aliphatic carbocycles. The number of hydrogen-bond donors (Lipinski definition) is 2. The van der Waals surface area contributed by atoms with Gasteiger partial charge in [-0.2, -0.15) is 0 Å². The number of imidazole rings is 1. The Bertz CT molecular complexity index is 399. The predicted octanol–water partition coefficient (Wildman–Crippen LogP) is 1.92. The second-order valence-corrected chi connectivity index (χ2v) is 5.02. The van der Waals surface area contributed by atoms with Gasteiger partial charge in [-0.3, -0.25) is 4.84 Å². The molecule has 0 aromatic carbocycles. The van der Waals surface area contributed by atoms with E-state index in [0.29, 0.717) is 12.6 Å². The maximum atomic E-state index is 10.4. The van der Waals surface area contributed by atoms with Crippen LogP contribution in [0.5, 0.6) is 0 Å². The lowest BCUT2D eigenvalue weighted by Gasteiger charge is -2.22. The van der Waals surface area contributed by atoms with Crippen molar-refractivity contribution >= 4 is 6.03 Å². The van der Waals surface area contributed by atoms with Crippen molar-refractivity contribution in [3.63, 3.8) is 0 Å². The van der Waals surface area contributed by atoms with Gasteiger partial charge in [0.15, 0.2) is 0 Å². The number of primary amides is 1. The highest BCUT2D eigenvalue weighted by atomic mass is 16.7. The van der Waals surface area contributed by atoms with E-state index < -0.39 is 6.03 Å². The molecule has 1 saturated carbocycles. The normalized spacial score (nSPS) is 16.4. The summed E-state index contributed by atoms with van der Waals surface area (Å²) in [6.07, 6.45) is 12.3. The van der Waals surface area contributed by atoms with Crippen molar-refractivity contribution in [1.82, 2.24) is 15.0 Å². The summed E-state index contributed by atoms with van der Waals surface area (Å²) in [5.74, 6) is 0. The van der Waals surface area contributed by atoms with E-state index in [0.717, 1.165) is 18.5 Å². The molecule has 0 unspecified atom stereocenters. The smallest absolute Gasteiger partial charge is 0.336 e. The first-order chi connectivity index (χ1) is 9.25. The number of carbonyl (C=O) groups excluding carboxylic acids is 1. The summed E-state index contributed by atoms with van der Waals surface area (Å²) in [5, 5.41) is 0. The highest BCUT2D eigenvalue weighted by Gasteiger charge is 2.15. The number of hydrogen-bond acceptors (Lipinski definition) is 3. The summed E-state index contributed by atoms with van der Waals surface area (Å²) in [7, 11) is 0. The molecule has 2 rings (SSSR count). The molecule has 6 nitrogen and oxygen atoms in total. The van der Waals surface area contributed by atoms with E-state index in [2.05, 4.69) is 21.2 Å². The van der Waals surface area contributed by atoms with Crippen molar-refractivity contribution in [2.45, 2.75) is 51.0 Å². The molecule has 1 aromatic rings. The Labute approximate surface area is 113 Å². The zero-order chi connectivity index (χ0) is 13.5. The molecule has 0 atom stereocenters. The average molecular weight is 266 g/mol. The van der Waals surface area contributed by atoms with E-state index in [1.807, 2.05) is 6.33 Å². The minimum Gasteiger partial charge on any atom is -0.350 e. The maximum absolute atomic E-state index is 10.4. The molecule has 0 aliphatic heterocycles. The average Bonchev–Trinajstić information content (AvgIpc) is 2.88. The Morgan fingerprint density at radius 3 is 3.00 bits per heavy atom. The lowest BCUT2D eigenvalue weighted by molar-refractivity contribution is 0.0628. The highest BCUT2D eigenvalue weighted by Crippen LogP contribution is 2.27. The first-order valence-electron chi connectivity index (χ1n) is 6.95. The molecule has 106 valence electrons. The van der Waals surface area contributed by atoms with Gasteiger partial charge in [-0.1, -0.05) is 19.3 Å². The van der Waals surface area contributed by atoms with E-state index in [9.17, 15) is 4.79 Å². The van der Waals surface area contributed by atoms with Crippen LogP contribution in [0.15, 0.2) is 12.5 Å². The predicted molar refractivity (Wildman–Crippen MR) is 71.3 cm³/mol. The van der Waals surface area contributed by atoms with Crippen molar-refractivity contribution in [2.75, 3.05) is 6.61 Å². The molecule has 2 amide bonds. The van der Waals surface area contributed by atoms with Crippen LogP contribution >= 0.6 is 0 Å². The molecular formula is C13H22N4O2. The number of amides is 2. The Hall–Kier alpha value is -1.56. The SMILES string of the molecule is NC(=O)NOCCCc1cn(C2CCCCC2)cn1. The fourth-order valence-corrected chi connectivity index (χ4v) is 2.54. The molecule has 0 bridgehead atoms. The van der Waals surface area contributed by atoms with Gasteiger partial charge in [-0.25, -0.2) is 15.3 Å². The zero-order valence-electron chi connectivity index (χ0n) is 11.2. The summed E-state index contributed by atoms with van der Waals surface area (Å²) in [5.41, 5.74) is 8.06. The van der Waals surface area contributed by atoms with Crippen LogP contribution in [0.4, 0.5) is 4.79 Å². The van der Waals surface area contributed by atoms with Gasteiger partial charge in [-0.15, -0.1) is 0 Å². The Kier molecular flexibility index (Phi) is 5.20. The van der Waals surface area contributed by atoms with E-state index in [1.165, 1.54) is 32.1 Å². The van der Waals surface area contributed by atoms with Crippen LogP contribution in [0.3, 0.4) is 0 Å². The fraction of sp³-hybridized carbons (Fsp3) is 0.692. The van der Waals surface area contributed by atoms with Crippen LogP contribution in [0, 0.1) is 0 Å². The van der Waals surface area contributed by atoms with Gasteiger partial charge in [0, 0.05) is 12.2 Å². The molecule has 3 N–H and O–H groups in total. The standard InChI is InChI=1S/C13H22N4O2/c14-13(18)16-19-8-4-5-11-9-17(10-15-11)12-6-2-1-3-7-12/h9-10,12H,1-8H2,(H3,14,16,18). The molecule has 0 saturated heterocycles. The quantitative estimate of drug-likeness (QED) is 0.609. The van der Waals surface area contributed by atoms with E-state index in [4.69, 9.17) is 10.6 Å². The molecule has 0 spiro atoms. The van der Waals surface area contributed by atoms with Gasteiger partial charge >= 0.3 is 6.03 Å². The number of carbonyl (C=O) groups is 1. The second-order valence-electron chi connectivity index (χ2n) is 5.02. The van der Waals surface area contributed by atoms with Crippen LogP contribution in [0.1, 0.15) is 50.3 Å². The van der Waals surface area contributed by atoms with Crippen LogP contribution in [0.25, 0.3) is 0 Å². The van der Waals surface area contributed by atoms with Gasteiger partial charge in [0.2, 0.25) is 0 Å². The Balaban J connectivity index is 1.70. The van der Waals surface area contributed by atoms with Gasteiger partial charge in [0.1, 0.15) is 0 Å². The summed E-state index contributed by atoms with van der Waals surface area (Å²) >= 11 is 0. The largest absolute Gasteiger partial charge is 0.350 e. The van der Waals surface area contributed by atoms with E-state index in [1.54, 1.807) is 0 Å². The van der Waals surface area contributed by atoms with E-state index >= 15 is 0 Å². The van der Waals surface area contributed by atoms with Crippen molar-refractivity contribution in [2.24, 2.45) is 5.73 Å². The third-order valence-corrected chi connectivity index (χ3v) is 3.50. The van der Waals surface area contributed by atoms with Crippen LogP contribution in [-0.2, 0) is 11.3 Å². The molecule has 1 aromatic heterocycles. The van der Waals surface area contributed by atoms with Gasteiger partial charge in [0.25, 0.3) is 0 Å². The summed E-state index contributed by atoms with van der Waals surface area (Å²) < 4.78 is 2.25. The molecule has 1 aliphatic rings. The number of nitrogens with zero attached hydrogens (tertiary/aromatic N) is 2. The highest BCUT2D eigenvalue weighted by molar-refractivity contribution is 5.70. The van der Waals surface area contributed by atoms with Gasteiger partial charge < -0.3 is 10.3 Å². The van der Waals surface area contributed by atoms with Gasteiger partial charge in [-0.05, 0) is 25.7 Å². The number of nitrogens with two attached hydrogens (primary N) is 1. The van der Waals surface area contributed by atoms with Crippen LogP contribution in [0.2, 0.25) is 0 Å². The number of rotatable bonds is 6. The van der Waals surface area contributed by atoms with E-state index in [-0.39, 0.29) is 0 Å². The third-order valence-electron chi connectivity index (χ3n) is 3.50. The number of aryl methyl sites for hydroxylation is 1. The molecule has 0 radical (unpaired) electrons. The van der Waals surface area contributed by atoms with Crippen molar-refractivity contribution in [3.05, 3.63) is 18.2 Å².